The third-order valence-electron chi connectivity index (χ3n) is 4.06. The van der Waals surface area contributed by atoms with Crippen LogP contribution in [0, 0.1) is 6.92 Å². The Labute approximate surface area is 115 Å². The van der Waals surface area contributed by atoms with E-state index in [4.69, 9.17) is 9.31 Å². The van der Waals surface area contributed by atoms with E-state index < -0.39 is 13.2 Å². The van der Waals surface area contributed by atoms with Gasteiger partial charge in [-0.15, -0.1) is 0 Å². The maximum Gasteiger partial charge on any atom is 0.495 e. The summed E-state index contributed by atoms with van der Waals surface area (Å²) in [7, 11) is -0.462. The summed E-state index contributed by atoms with van der Waals surface area (Å²) in [5.41, 5.74) is 1.73. The molecule has 0 radical (unpaired) electrons. The van der Waals surface area contributed by atoms with Gasteiger partial charge in [-0.3, -0.25) is 4.98 Å². The summed E-state index contributed by atoms with van der Waals surface area (Å²) >= 11 is 0. The van der Waals surface area contributed by atoms with Crippen molar-refractivity contribution in [1.82, 2.24) is 4.98 Å². The molecule has 0 aliphatic carbocycles. The molecule has 1 fully saturated rings. The first-order valence-electron chi connectivity index (χ1n) is 6.64. The molecule has 1 saturated heterocycles. The Kier molecular flexibility index (Phi) is 3.50. The van der Waals surface area contributed by atoms with Gasteiger partial charge in [-0.2, -0.15) is 0 Å². The van der Waals surface area contributed by atoms with Gasteiger partial charge in [-0.1, -0.05) is 0 Å². The molecule has 2 heterocycles. The zero-order chi connectivity index (χ0) is 14.4. The second-order valence-electron chi connectivity index (χ2n) is 6.22. The zero-order valence-corrected chi connectivity index (χ0v) is 12.5. The van der Waals surface area contributed by atoms with E-state index in [2.05, 4.69) is 4.98 Å². The maximum atomic E-state index is 9.86. The molecule has 2 rings (SSSR count). The van der Waals surface area contributed by atoms with Crippen molar-refractivity contribution in [1.29, 1.82) is 0 Å². The van der Waals surface area contributed by atoms with E-state index in [0.717, 1.165) is 16.7 Å². The summed E-state index contributed by atoms with van der Waals surface area (Å²) in [5.74, 6) is 0. The summed E-state index contributed by atoms with van der Waals surface area (Å²) in [6, 6.07) is 1.92. The standard InChI is InChI=1S/C14H22BNO3/c1-9-7-12(11(8-16-9)10(2)17)15-18-13(3,4)14(5,6)19-15/h7-8,10,17H,1-6H3. The van der Waals surface area contributed by atoms with Crippen LogP contribution in [0.25, 0.3) is 0 Å². The Hall–Kier alpha value is -0.905. The van der Waals surface area contributed by atoms with Gasteiger partial charge in [-0.25, -0.2) is 0 Å². The van der Waals surface area contributed by atoms with Gasteiger partial charge < -0.3 is 14.4 Å². The predicted octanol–water partition coefficient (Wildman–Crippen LogP) is 1.74. The molecule has 0 amide bonds. The number of pyridine rings is 1. The van der Waals surface area contributed by atoms with Gasteiger partial charge in [0.05, 0.1) is 17.3 Å². The lowest BCUT2D eigenvalue weighted by atomic mass is 9.75. The quantitative estimate of drug-likeness (QED) is 0.826. The molecule has 1 aromatic heterocycles. The van der Waals surface area contributed by atoms with Crippen molar-refractivity contribution in [3.8, 4) is 0 Å². The first-order valence-corrected chi connectivity index (χ1v) is 6.64. The van der Waals surface area contributed by atoms with Crippen LogP contribution in [0.1, 0.15) is 52.0 Å². The largest absolute Gasteiger partial charge is 0.495 e. The van der Waals surface area contributed by atoms with Crippen LogP contribution in [-0.2, 0) is 9.31 Å². The molecule has 5 heteroatoms. The summed E-state index contributed by atoms with van der Waals surface area (Å²) in [5, 5.41) is 9.86. The van der Waals surface area contributed by atoms with Gasteiger partial charge in [0.15, 0.2) is 0 Å². The van der Waals surface area contributed by atoms with Crippen molar-refractivity contribution in [3.05, 3.63) is 23.5 Å². The van der Waals surface area contributed by atoms with E-state index in [1.807, 2.05) is 40.7 Å². The van der Waals surface area contributed by atoms with Crippen molar-refractivity contribution in [2.45, 2.75) is 58.8 Å². The maximum absolute atomic E-state index is 9.86. The number of aromatic nitrogens is 1. The first kappa shape index (κ1) is 14.5. The Bertz CT molecular complexity index is 470. The van der Waals surface area contributed by atoms with E-state index >= 15 is 0 Å². The molecule has 0 spiro atoms. The van der Waals surface area contributed by atoms with Gasteiger partial charge in [0.1, 0.15) is 0 Å². The second kappa shape index (κ2) is 4.58. The van der Waals surface area contributed by atoms with Crippen LogP contribution >= 0.6 is 0 Å². The predicted molar refractivity (Wildman–Crippen MR) is 75.3 cm³/mol. The average Bonchev–Trinajstić information content (AvgIpc) is 2.47. The molecular weight excluding hydrogens is 241 g/mol. The fourth-order valence-electron chi connectivity index (χ4n) is 2.11. The minimum atomic E-state index is -0.595. The summed E-state index contributed by atoms with van der Waals surface area (Å²) < 4.78 is 12.1. The fraction of sp³-hybridized carbons (Fsp3) is 0.643. The molecular formula is C14H22BNO3. The Morgan fingerprint density at radius 1 is 1.21 bits per heavy atom. The van der Waals surface area contributed by atoms with E-state index in [1.165, 1.54) is 0 Å². The molecule has 1 aliphatic heterocycles. The van der Waals surface area contributed by atoms with Crippen molar-refractivity contribution < 1.29 is 14.4 Å². The number of hydrogen-bond acceptors (Lipinski definition) is 4. The van der Waals surface area contributed by atoms with Gasteiger partial charge in [-0.05, 0) is 58.6 Å². The summed E-state index contributed by atoms with van der Waals surface area (Å²) in [4.78, 5) is 4.23. The molecule has 0 saturated carbocycles. The molecule has 1 N–H and O–H groups in total. The first-order chi connectivity index (χ1) is 8.64. The van der Waals surface area contributed by atoms with E-state index in [0.29, 0.717) is 0 Å². The summed E-state index contributed by atoms with van der Waals surface area (Å²) in [6.07, 6.45) is 1.10. The highest BCUT2D eigenvalue weighted by Crippen LogP contribution is 2.36. The van der Waals surface area contributed by atoms with Crippen LogP contribution in [0.5, 0.6) is 0 Å². The molecule has 104 valence electrons. The third-order valence-corrected chi connectivity index (χ3v) is 4.06. The lowest BCUT2D eigenvalue weighted by Gasteiger charge is -2.32. The number of hydrogen-bond donors (Lipinski definition) is 1. The van der Waals surface area contributed by atoms with Crippen molar-refractivity contribution >= 4 is 12.6 Å². The van der Waals surface area contributed by atoms with Crippen LogP contribution in [0.2, 0.25) is 0 Å². The molecule has 1 aromatic rings. The molecule has 0 bridgehead atoms. The SMILES string of the molecule is Cc1cc(B2OC(C)(C)C(C)(C)O2)c(C(C)O)cn1. The van der Waals surface area contributed by atoms with Gasteiger partial charge in [0, 0.05) is 11.9 Å². The summed E-state index contributed by atoms with van der Waals surface area (Å²) in [6.45, 7) is 11.7. The highest BCUT2D eigenvalue weighted by molar-refractivity contribution is 6.62. The third kappa shape index (κ3) is 2.55. The van der Waals surface area contributed by atoms with Crippen LogP contribution < -0.4 is 5.46 Å². The minimum absolute atomic E-state index is 0.384. The Balaban J connectivity index is 2.41. The normalized spacial score (nSPS) is 22.6. The van der Waals surface area contributed by atoms with E-state index in [-0.39, 0.29) is 11.2 Å². The molecule has 19 heavy (non-hydrogen) atoms. The molecule has 1 unspecified atom stereocenters. The van der Waals surface area contributed by atoms with Crippen LogP contribution in [0.3, 0.4) is 0 Å². The second-order valence-corrected chi connectivity index (χ2v) is 6.22. The highest BCUT2D eigenvalue weighted by atomic mass is 16.7. The molecule has 4 nitrogen and oxygen atoms in total. The Morgan fingerprint density at radius 2 is 1.74 bits per heavy atom. The van der Waals surface area contributed by atoms with Crippen LogP contribution in [0.15, 0.2) is 12.3 Å². The highest BCUT2D eigenvalue weighted by Gasteiger charge is 2.52. The number of rotatable bonds is 2. The minimum Gasteiger partial charge on any atom is -0.399 e. The Morgan fingerprint density at radius 3 is 2.21 bits per heavy atom. The number of aryl methyl sites for hydroxylation is 1. The topological polar surface area (TPSA) is 51.6 Å². The smallest absolute Gasteiger partial charge is 0.399 e. The van der Waals surface area contributed by atoms with Crippen LogP contribution in [0.4, 0.5) is 0 Å². The van der Waals surface area contributed by atoms with E-state index in [9.17, 15) is 5.11 Å². The van der Waals surface area contributed by atoms with Crippen LogP contribution in [-0.4, -0.2) is 28.4 Å². The monoisotopic (exact) mass is 263 g/mol. The van der Waals surface area contributed by atoms with E-state index in [1.54, 1.807) is 13.1 Å². The zero-order valence-electron chi connectivity index (χ0n) is 12.5. The number of aliphatic hydroxyl groups is 1. The fourth-order valence-corrected chi connectivity index (χ4v) is 2.11. The average molecular weight is 263 g/mol. The lowest BCUT2D eigenvalue weighted by molar-refractivity contribution is 0.00578. The van der Waals surface area contributed by atoms with Crippen molar-refractivity contribution in [3.63, 3.8) is 0 Å². The van der Waals surface area contributed by atoms with Crippen molar-refractivity contribution in [2.24, 2.45) is 0 Å². The van der Waals surface area contributed by atoms with Gasteiger partial charge >= 0.3 is 7.12 Å². The van der Waals surface area contributed by atoms with Gasteiger partial charge in [0.25, 0.3) is 0 Å². The number of aliphatic hydroxyl groups excluding tert-OH is 1. The molecule has 1 atom stereocenters. The molecule has 0 aromatic carbocycles. The van der Waals surface area contributed by atoms with Gasteiger partial charge in [0.2, 0.25) is 0 Å². The molecule has 1 aliphatic rings. The lowest BCUT2D eigenvalue weighted by Crippen LogP contribution is -2.41. The number of nitrogens with zero attached hydrogens (tertiary/aromatic N) is 1. The van der Waals surface area contributed by atoms with Crippen molar-refractivity contribution in [2.75, 3.05) is 0 Å².